The number of H-pyrrole nitrogens is 1. The number of carbonyl (C=O) groups is 2. The van der Waals surface area contributed by atoms with Gasteiger partial charge in [-0.05, 0) is 49.4 Å². The third-order valence-corrected chi connectivity index (χ3v) is 3.42. The molecule has 6 heteroatoms. The number of carbonyl (C=O) groups excluding carboxylic acids is 2. The molecule has 0 atom stereocenters. The van der Waals surface area contributed by atoms with E-state index in [1.54, 1.807) is 6.07 Å². The summed E-state index contributed by atoms with van der Waals surface area (Å²) in [6.45, 7) is 1.97. The average molecular weight is 311 g/mol. The van der Waals surface area contributed by atoms with Crippen LogP contribution in [0.3, 0.4) is 0 Å². The van der Waals surface area contributed by atoms with Crippen molar-refractivity contribution in [2.75, 3.05) is 0 Å². The lowest BCUT2D eigenvalue weighted by atomic mass is 10.2. The van der Waals surface area contributed by atoms with Crippen molar-refractivity contribution in [3.63, 3.8) is 0 Å². The predicted molar refractivity (Wildman–Crippen MR) is 84.4 cm³/mol. The molecular weight excluding hydrogens is 297 g/mol. The van der Waals surface area contributed by atoms with E-state index in [0.717, 1.165) is 16.5 Å². The van der Waals surface area contributed by atoms with Crippen molar-refractivity contribution in [3.8, 4) is 0 Å². The Bertz CT molecular complexity index is 884. The zero-order valence-electron chi connectivity index (χ0n) is 12.3. The third-order valence-electron chi connectivity index (χ3n) is 3.42. The number of halogens is 1. The number of nitrogens with one attached hydrogen (secondary N) is 3. The molecule has 0 aliphatic heterocycles. The second-order valence-electron chi connectivity index (χ2n) is 5.19. The zero-order valence-corrected chi connectivity index (χ0v) is 12.3. The Kier molecular flexibility index (Phi) is 3.80. The van der Waals surface area contributed by atoms with Crippen molar-refractivity contribution in [1.82, 2.24) is 15.8 Å². The zero-order chi connectivity index (χ0) is 16.4. The first-order valence-corrected chi connectivity index (χ1v) is 6.98. The van der Waals surface area contributed by atoms with Gasteiger partial charge in [0.05, 0.1) is 0 Å². The maximum absolute atomic E-state index is 12.8. The summed E-state index contributed by atoms with van der Waals surface area (Å²) in [5.41, 5.74) is 7.13. The van der Waals surface area contributed by atoms with Crippen LogP contribution in [0.2, 0.25) is 0 Å². The van der Waals surface area contributed by atoms with Crippen LogP contribution < -0.4 is 10.9 Å². The molecule has 0 bridgehead atoms. The molecule has 0 aliphatic rings. The number of hydrogen-bond acceptors (Lipinski definition) is 2. The highest BCUT2D eigenvalue weighted by atomic mass is 19.1. The molecule has 0 spiro atoms. The fraction of sp³-hybridized carbons (Fsp3) is 0.0588. The molecule has 2 aromatic carbocycles. The Balaban J connectivity index is 1.68. The summed E-state index contributed by atoms with van der Waals surface area (Å²) in [6.07, 6.45) is 0. The minimum atomic E-state index is -0.523. The molecule has 3 N–H and O–H groups in total. The van der Waals surface area contributed by atoms with E-state index >= 15 is 0 Å². The van der Waals surface area contributed by atoms with E-state index < -0.39 is 17.6 Å². The topological polar surface area (TPSA) is 74.0 Å². The Labute approximate surface area is 131 Å². The van der Waals surface area contributed by atoms with Crippen molar-refractivity contribution in [2.45, 2.75) is 6.92 Å². The molecule has 0 fully saturated rings. The highest BCUT2D eigenvalue weighted by Crippen LogP contribution is 2.16. The molecule has 0 saturated heterocycles. The summed E-state index contributed by atoms with van der Waals surface area (Å²) < 4.78 is 12.8. The van der Waals surface area contributed by atoms with Gasteiger partial charge in [0.25, 0.3) is 11.8 Å². The van der Waals surface area contributed by atoms with Gasteiger partial charge in [-0.1, -0.05) is 11.6 Å². The second-order valence-corrected chi connectivity index (χ2v) is 5.19. The standard InChI is InChI=1S/C17H14FN3O2/c1-10-2-7-14-12(8-10)9-15(19-14)17(23)21-20-16(22)11-3-5-13(18)6-4-11/h2-9,19H,1H3,(H,20,22)(H,21,23). The number of hydrogen-bond donors (Lipinski definition) is 3. The van der Waals surface area contributed by atoms with E-state index in [9.17, 15) is 14.0 Å². The van der Waals surface area contributed by atoms with E-state index in [-0.39, 0.29) is 5.56 Å². The lowest BCUT2D eigenvalue weighted by Crippen LogP contribution is -2.41. The minimum absolute atomic E-state index is 0.249. The monoisotopic (exact) mass is 311 g/mol. The maximum Gasteiger partial charge on any atom is 0.286 e. The molecule has 0 unspecified atom stereocenters. The molecule has 1 aromatic heterocycles. The third kappa shape index (κ3) is 3.21. The Morgan fingerprint density at radius 3 is 2.39 bits per heavy atom. The SMILES string of the molecule is Cc1ccc2[nH]c(C(=O)NNC(=O)c3ccc(F)cc3)cc2c1. The highest BCUT2D eigenvalue weighted by molar-refractivity contribution is 6.00. The number of aromatic amines is 1. The fourth-order valence-corrected chi connectivity index (χ4v) is 2.23. The Morgan fingerprint density at radius 2 is 1.65 bits per heavy atom. The molecule has 5 nitrogen and oxygen atoms in total. The van der Waals surface area contributed by atoms with Crippen molar-refractivity contribution in [1.29, 1.82) is 0 Å². The summed E-state index contributed by atoms with van der Waals surface area (Å²) in [5, 5.41) is 0.917. The van der Waals surface area contributed by atoms with Gasteiger partial charge in [0.1, 0.15) is 11.5 Å². The van der Waals surface area contributed by atoms with Crippen LogP contribution in [0.5, 0.6) is 0 Å². The Morgan fingerprint density at radius 1 is 0.957 bits per heavy atom. The molecule has 0 radical (unpaired) electrons. The minimum Gasteiger partial charge on any atom is -0.350 e. The van der Waals surface area contributed by atoms with Crippen molar-refractivity contribution in [2.24, 2.45) is 0 Å². The van der Waals surface area contributed by atoms with Crippen molar-refractivity contribution in [3.05, 3.63) is 71.2 Å². The van der Waals surface area contributed by atoms with Crippen LogP contribution in [-0.2, 0) is 0 Å². The van der Waals surface area contributed by atoms with Gasteiger partial charge in [-0.3, -0.25) is 20.4 Å². The number of fused-ring (bicyclic) bond motifs is 1. The molecule has 3 rings (SSSR count). The molecule has 0 aliphatic carbocycles. The van der Waals surface area contributed by atoms with Crippen LogP contribution in [0.15, 0.2) is 48.5 Å². The summed E-state index contributed by atoms with van der Waals surface area (Å²) >= 11 is 0. The van der Waals surface area contributed by atoms with Gasteiger partial charge in [-0.2, -0.15) is 0 Å². The lowest BCUT2D eigenvalue weighted by molar-refractivity contribution is 0.0844. The smallest absolute Gasteiger partial charge is 0.286 e. The fourth-order valence-electron chi connectivity index (χ4n) is 2.23. The molecule has 116 valence electrons. The van der Waals surface area contributed by atoms with Crippen molar-refractivity contribution >= 4 is 22.7 Å². The van der Waals surface area contributed by atoms with Crippen LogP contribution in [-0.4, -0.2) is 16.8 Å². The molecule has 0 saturated carbocycles. The summed E-state index contributed by atoms with van der Waals surface area (Å²) in [6, 6.07) is 12.5. The molecule has 2 amide bonds. The van der Waals surface area contributed by atoms with E-state index in [1.165, 1.54) is 24.3 Å². The number of benzene rings is 2. The van der Waals surface area contributed by atoms with Crippen LogP contribution in [0.25, 0.3) is 10.9 Å². The Hall–Kier alpha value is -3.15. The second kappa shape index (κ2) is 5.92. The van der Waals surface area contributed by atoms with E-state index in [0.29, 0.717) is 5.69 Å². The number of aryl methyl sites for hydroxylation is 1. The van der Waals surface area contributed by atoms with E-state index in [2.05, 4.69) is 15.8 Å². The van der Waals surface area contributed by atoms with Gasteiger partial charge in [0, 0.05) is 16.5 Å². The van der Waals surface area contributed by atoms with Crippen LogP contribution >= 0.6 is 0 Å². The van der Waals surface area contributed by atoms with Gasteiger partial charge < -0.3 is 4.98 Å². The van der Waals surface area contributed by atoms with Gasteiger partial charge in [-0.25, -0.2) is 4.39 Å². The summed E-state index contributed by atoms with van der Waals surface area (Å²) in [4.78, 5) is 26.9. The first kappa shape index (κ1) is 14.8. The van der Waals surface area contributed by atoms with Gasteiger partial charge in [0.15, 0.2) is 0 Å². The first-order chi connectivity index (χ1) is 11.0. The highest BCUT2D eigenvalue weighted by Gasteiger charge is 2.11. The van der Waals surface area contributed by atoms with Gasteiger partial charge >= 0.3 is 0 Å². The molecule has 23 heavy (non-hydrogen) atoms. The van der Waals surface area contributed by atoms with Crippen molar-refractivity contribution < 1.29 is 14.0 Å². The van der Waals surface area contributed by atoms with E-state index in [4.69, 9.17) is 0 Å². The average Bonchev–Trinajstić information content (AvgIpc) is 2.96. The van der Waals surface area contributed by atoms with Crippen LogP contribution in [0.4, 0.5) is 4.39 Å². The normalized spacial score (nSPS) is 10.5. The predicted octanol–water partition coefficient (Wildman–Crippen LogP) is 2.69. The number of hydrazine groups is 1. The lowest BCUT2D eigenvalue weighted by Gasteiger charge is -2.06. The molecular formula is C17H14FN3O2. The first-order valence-electron chi connectivity index (χ1n) is 6.98. The van der Waals surface area contributed by atoms with Crippen LogP contribution in [0, 0.1) is 12.7 Å². The maximum atomic E-state index is 12.8. The molecule has 1 heterocycles. The largest absolute Gasteiger partial charge is 0.350 e. The van der Waals surface area contributed by atoms with Gasteiger partial charge in [-0.15, -0.1) is 0 Å². The summed E-state index contributed by atoms with van der Waals surface area (Å²) in [5.74, 6) is -1.42. The van der Waals surface area contributed by atoms with E-state index in [1.807, 2.05) is 25.1 Å². The number of amides is 2. The van der Waals surface area contributed by atoms with Crippen LogP contribution in [0.1, 0.15) is 26.4 Å². The quantitative estimate of drug-likeness (QED) is 0.637. The van der Waals surface area contributed by atoms with Gasteiger partial charge in [0.2, 0.25) is 0 Å². The number of aromatic nitrogens is 1. The number of rotatable bonds is 2. The summed E-state index contributed by atoms with van der Waals surface area (Å²) in [7, 11) is 0. The molecule has 3 aromatic rings.